The third-order valence-electron chi connectivity index (χ3n) is 9.60. The molecular weight excluding hydrogens is 843 g/mol. The zero-order valence-electron chi connectivity index (χ0n) is 44.5. The second-order valence-electron chi connectivity index (χ2n) is 25.4. The van der Waals surface area contributed by atoms with Crippen molar-refractivity contribution in [2.24, 2.45) is 32.5 Å². The number of hydrogen-bond acceptors (Lipinski definition) is 8. The fraction of sp³-hybridized carbons (Fsp3) is 1.00. The quantitative estimate of drug-likeness (QED) is 0.337. The van der Waals surface area contributed by atoms with Crippen LogP contribution in [-0.2, 0) is 9.47 Å². The first kappa shape index (κ1) is 74.1. The molecule has 0 spiro atoms. The summed E-state index contributed by atoms with van der Waals surface area (Å²) in [5.41, 5.74) is -1.79. The van der Waals surface area contributed by atoms with Crippen molar-refractivity contribution >= 4 is 91.9 Å². The molecular formula is C47H102Ca2NO8Si2-. The molecule has 2 aliphatic rings. The van der Waals surface area contributed by atoms with Crippen molar-refractivity contribution in [3.05, 3.63) is 0 Å². The summed E-state index contributed by atoms with van der Waals surface area (Å²) in [6, 6.07) is 0. The van der Waals surface area contributed by atoms with E-state index >= 15 is 0 Å². The molecule has 2 heterocycles. The van der Waals surface area contributed by atoms with E-state index in [4.69, 9.17) is 9.47 Å². The summed E-state index contributed by atoms with van der Waals surface area (Å²) in [6.07, 6.45) is 1.27. The number of rotatable bonds is 8. The Hall–Kier alpha value is 2.59. The Morgan fingerprint density at radius 2 is 0.483 bits per heavy atom. The predicted octanol–water partition coefficient (Wildman–Crippen LogP) is 4.83. The molecule has 0 amide bonds. The van der Waals surface area contributed by atoms with E-state index in [1.54, 1.807) is 0 Å². The minimum Gasteiger partial charge on any atom is -0.852 e. The van der Waals surface area contributed by atoms with Gasteiger partial charge in [-0.15, -0.1) is 36.6 Å². The summed E-state index contributed by atoms with van der Waals surface area (Å²) in [6.45, 7) is 52.4. The molecule has 0 saturated carbocycles. The summed E-state index contributed by atoms with van der Waals surface area (Å²) in [4.78, 5) is 0. The van der Waals surface area contributed by atoms with Crippen molar-refractivity contribution < 1.29 is 44.8 Å². The third-order valence-corrected chi connectivity index (χ3v) is 16.5. The largest absolute Gasteiger partial charge is 2.00 e. The molecule has 2 saturated heterocycles. The van der Waals surface area contributed by atoms with Crippen LogP contribution in [0.1, 0.15) is 170 Å². The van der Waals surface area contributed by atoms with Crippen molar-refractivity contribution in [3.63, 3.8) is 0 Å². The Labute approximate surface area is 436 Å². The van der Waals surface area contributed by atoms with E-state index in [2.05, 4.69) is 43.9 Å². The molecule has 2 aliphatic heterocycles. The fourth-order valence-electron chi connectivity index (χ4n) is 5.02. The van der Waals surface area contributed by atoms with E-state index in [9.17, 15) is 30.6 Å². The Morgan fingerprint density at radius 1 is 0.350 bits per heavy atom. The zero-order valence-corrected chi connectivity index (χ0v) is 50.9. The predicted molar refractivity (Wildman–Crippen MR) is 254 cm³/mol. The van der Waals surface area contributed by atoms with Crippen LogP contribution in [0, 0.1) is 32.5 Å². The molecule has 2 N–H and O–H groups in total. The maximum Gasteiger partial charge on any atom is 2.00 e. The minimum atomic E-state index is -0.856. The van der Waals surface area contributed by atoms with Crippen molar-refractivity contribution in [2.75, 3.05) is 26.4 Å². The molecule has 2 fully saturated rings. The normalized spacial score (nSPS) is 18.1. The zero-order chi connectivity index (χ0) is 47.4. The van der Waals surface area contributed by atoms with Gasteiger partial charge in [0.2, 0.25) is 0 Å². The van der Waals surface area contributed by atoms with Gasteiger partial charge in [0.1, 0.15) is 0 Å². The van der Waals surface area contributed by atoms with Crippen LogP contribution in [0.5, 0.6) is 0 Å². The molecule has 0 aliphatic carbocycles. The number of quaternary nitrogens is 1. The molecule has 2 rings (SSSR count). The topological polar surface area (TPSA) is 173 Å². The van der Waals surface area contributed by atoms with E-state index in [0.29, 0.717) is 0 Å². The molecule has 0 radical (unpaired) electrons. The molecule has 0 aromatic carbocycles. The van der Waals surface area contributed by atoms with E-state index in [0.717, 1.165) is 26.4 Å². The smallest absolute Gasteiger partial charge is 0.852 e. The van der Waals surface area contributed by atoms with Crippen molar-refractivity contribution in [3.8, 4) is 0 Å². The van der Waals surface area contributed by atoms with Gasteiger partial charge in [0.15, 0.2) is 0 Å². The Morgan fingerprint density at radius 3 is 0.533 bits per heavy atom. The first-order valence-electron chi connectivity index (χ1n) is 22.3. The van der Waals surface area contributed by atoms with E-state index in [1.807, 2.05) is 125 Å². The minimum absolute atomic E-state index is 0. The maximum atomic E-state index is 11.6. The Bertz CT molecular complexity index is 811. The van der Waals surface area contributed by atoms with Gasteiger partial charge in [0.05, 0.1) is 0 Å². The van der Waals surface area contributed by atoms with E-state index < -0.39 is 53.1 Å². The van der Waals surface area contributed by atoms with Gasteiger partial charge in [-0.3, -0.25) is 0 Å². The van der Waals surface area contributed by atoms with Crippen LogP contribution < -0.4 is 35.3 Å². The fourth-order valence-corrected chi connectivity index (χ4v) is 15.4. The summed E-state index contributed by atoms with van der Waals surface area (Å²) < 4.78 is 12.5. The van der Waals surface area contributed by atoms with Crippen molar-refractivity contribution in [1.82, 2.24) is 0 Å². The van der Waals surface area contributed by atoms with Gasteiger partial charge in [-0.1, -0.05) is 176 Å². The second-order valence-corrected chi connectivity index (χ2v) is 36.0. The van der Waals surface area contributed by atoms with Crippen LogP contribution >= 0.6 is 0 Å². The first-order valence-corrected chi connectivity index (χ1v) is 29.5. The van der Waals surface area contributed by atoms with Crippen LogP contribution in [0.25, 0.3) is 0 Å². The van der Waals surface area contributed by atoms with Gasteiger partial charge in [-0.05, 0) is 65.0 Å². The molecule has 13 heteroatoms. The van der Waals surface area contributed by atoms with Crippen LogP contribution in [-0.4, -0.2) is 155 Å². The summed E-state index contributed by atoms with van der Waals surface area (Å²) in [7, 11) is -1.71. The third kappa shape index (κ3) is 48.5. The van der Waals surface area contributed by atoms with Gasteiger partial charge in [0, 0.05) is 26.4 Å². The molecule has 0 aromatic rings. The Balaban J connectivity index is -0.000000149. The van der Waals surface area contributed by atoms with Gasteiger partial charge < -0.3 is 44.8 Å². The van der Waals surface area contributed by atoms with E-state index in [1.165, 1.54) is 25.7 Å². The molecule has 6 unspecified atom stereocenters. The average Bonchev–Trinajstić information content (AvgIpc) is 3.73. The average molecular weight is 946 g/mol. The van der Waals surface area contributed by atoms with Crippen LogP contribution in [0.3, 0.4) is 0 Å². The number of ether oxygens (including phenoxy) is 2. The molecule has 0 aromatic heterocycles. The molecule has 6 atom stereocenters. The number of hydrogen-bond donors (Lipinski definition) is 1. The molecule has 0 bridgehead atoms. The summed E-state index contributed by atoms with van der Waals surface area (Å²) in [5, 5.41) is 69.6. The molecule has 9 nitrogen and oxygen atoms in total. The SMILES string of the molecule is C1CCOC1.C1CCOC1.CC(C)(C)C([O-])CC([O-])C(C)(C)C.CC(C)(C)C([O-])CC([O-])C(C)(C)C.CC(C)(C)C([O-])CC([O-])C(C)(C)C.C[Si](C)(C)[NH2+][Si](C)(C)C.[Ca+2].[Ca+2]. The Kier molecular flexibility index (Phi) is 41.0. The first-order chi connectivity index (χ1) is 25.4. The van der Waals surface area contributed by atoms with Gasteiger partial charge in [-0.25, -0.2) is 0 Å². The van der Waals surface area contributed by atoms with Crippen molar-refractivity contribution in [1.29, 1.82) is 0 Å². The van der Waals surface area contributed by atoms with E-state index in [-0.39, 0.29) is 127 Å². The van der Waals surface area contributed by atoms with Gasteiger partial charge in [0.25, 0.3) is 16.5 Å². The van der Waals surface area contributed by atoms with Crippen LogP contribution in [0.4, 0.5) is 0 Å². The van der Waals surface area contributed by atoms with Gasteiger partial charge in [-0.2, -0.15) is 0 Å². The molecule has 60 heavy (non-hydrogen) atoms. The summed E-state index contributed by atoms with van der Waals surface area (Å²) in [5.74, 6) is 0. The monoisotopic (exact) mass is 945 g/mol. The van der Waals surface area contributed by atoms with Crippen LogP contribution in [0.2, 0.25) is 39.3 Å². The number of nitrogens with two attached hydrogens (primary N) is 1. The van der Waals surface area contributed by atoms with Crippen molar-refractivity contribution in [2.45, 2.75) is 245 Å². The van der Waals surface area contributed by atoms with Gasteiger partial charge >= 0.3 is 75.5 Å². The summed E-state index contributed by atoms with van der Waals surface area (Å²) >= 11 is 0. The standard InChI is InChI=1S/3C11H22O2.C6H20NSi2.2C4H8O.2Ca/c3*1-10(2,3)8(12)7-9(13)11(4,5)6;1-8(2,3)7-9(4,5)6;2*1-2-4-5-3-1;;/h3*8-9H,7H2,1-6H3;7H2,1-6H3;2*1-4H2;;/q3*-2;+1;;;2*+2. The molecule has 356 valence electrons. The maximum absolute atomic E-state index is 11.6. The second kappa shape index (κ2) is 33.2. The van der Waals surface area contributed by atoms with Crippen LogP contribution in [0.15, 0.2) is 0 Å².